The SMILES string of the molecule is CC1c2cccn2CCN1C(=O)Cc1ccc2ccccc2c1. The van der Waals surface area contributed by atoms with E-state index in [0.717, 1.165) is 18.7 Å². The third kappa shape index (κ3) is 2.52. The molecule has 0 aliphatic carbocycles. The molecule has 3 aromatic rings. The number of carbonyl (C=O) groups is 1. The van der Waals surface area contributed by atoms with E-state index in [2.05, 4.69) is 60.2 Å². The Hall–Kier alpha value is -2.55. The summed E-state index contributed by atoms with van der Waals surface area (Å²) in [6.07, 6.45) is 2.56. The lowest BCUT2D eigenvalue weighted by atomic mass is 10.0. The molecule has 1 aliphatic rings. The van der Waals surface area contributed by atoms with Gasteiger partial charge in [0.15, 0.2) is 0 Å². The molecule has 0 bridgehead atoms. The summed E-state index contributed by atoms with van der Waals surface area (Å²) in [6.45, 7) is 3.79. The Morgan fingerprint density at radius 3 is 2.74 bits per heavy atom. The number of nitrogens with zero attached hydrogens (tertiary/aromatic N) is 2. The Labute approximate surface area is 136 Å². The van der Waals surface area contributed by atoms with Gasteiger partial charge in [-0.2, -0.15) is 0 Å². The topological polar surface area (TPSA) is 25.2 Å². The van der Waals surface area contributed by atoms with Crippen LogP contribution in [0.4, 0.5) is 0 Å². The molecule has 1 aliphatic heterocycles. The average molecular weight is 304 g/mol. The van der Waals surface area contributed by atoms with Gasteiger partial charge in [0.25, 0.3) is 0 Å². The second-order valence-electron chi connectivity index (χ2n) is 6.25. The number of amides is 1. The fourth-order valence-electron chi connectivity index (χ4n) is 3.54. The van der Waals surface area contributed by atoms with Gasteiger partial charge in [-0.05, 0) is 35.4 Å². The molecule has 1 amide bonds. The van der Waals surface area contributed by atoms with Crippen molar-refractivity contribution in [1.29, 1.82) is 0 Å². The lowest BCUT2D eigenvalue weighted by molar-refractivity contribution is -0.133. The Kier molecular flexibility index (Phi) is 3.41. The number of hydrogen-bond acceptors (Lipinski definition) is 1. The van der Waals surface area contributed by atoms with Crippen LogP contribution < -0.4 is 0 Å². The normalized spacial score (nSPS) is 17.3. The Morgan fingerprint density at radius 2 is 1.87 bits per heavy atom. The van der Waals surface area contributed by atoms with E-state index < -0.39 is 0 Å². The van der Waals surface area contributed by atoms with Crippen LogP contribution >= 0.6 is 0 Å². The first kappa shape index (κ1) is 14.1. The zero-order chi connectivity index (χ0) is 15.8. The zero-order valence-corrected chi connectivity index (χ0v) is 13.3. The van der Waals surface area contributed by atoms with Crippen LogP contribution in [0.1, 0.15) is 24.2 Å². The smallest absolute Gasteiger partial charge is 0.227 e. The molecule has 0 fully saturated rings. The molecule has 23 heavy (non-hydrogen) atoms. The molecule has 1 unspecified atom stereocenters. The number of aromatic nitrogens is 1. The summed E-state index contributed by atoms with van der Waals surface area (Å²) in [5, 5.41) is 2.41. The third-order valence-electron chi connectivity index (χ3n) is 4.83. The summed E-state index contributed by atoms with van der Waals surface area (Å²) in [4.78, 5) is 14.8. The highest BCUT2D eigenvalue weighted by Gasteiger charge is 2.27. The monoisotopic (exact) mass is 304 g/mol. The van der Waals surface area contributed by atoms with E-state index in [-0.39, 0.29) is 11.9 Å². The molecule has 3 heteroatoms. The fourth-order valence-corrected chi connectivity index (χ4v) is 3.54. The molecule has 1 aromatic heterocycles. The lowest BCUT2D eigenvalue weighted by Gasteiger charge is -2.35. The van der Waals surface area contributed by atoms with Crippen LogP contribution in [0.25, 0.3) is 10.8 Å². The number of rotatable bonds is 2. The van der Waals surface area contributed by atoms with Crippen molar-refractivity contribution >= 4 is 16.7 Å². The molecule has 0 N–H and O–H groups in total. The Bertz CT molecular complexity index is 865. The summed E-state index contributed by atoms with van der Waals surface area (Å²) in [6, 6.07) is 18.9. The molecule has 2 heterocycles. The van der Waals surface area contributed by atoms with Crippen molar-refractivity contribution in [1.82, 2.24) is 9.47 Å². The van der Waals surface area contributed by atoms with Crippen molar-refractivity contribution < 1.29 is 4.79 Å². The van der Waals surface area contributed by atoms with Gasteiger partial charge in [0.1, 0.15) is 0 Å². The van der Waals surface area contributed by atoms with E-state index in [0.29, 0.717) is 6.42 Å². The maximum atomic E-state index is 12.8. The molecule has 2 aromatic carbocycles. The minimum atomic E-state index is 0.145. The standard InChI is InChI=1S/C20H20N2O/c1-15-19-7-4-10-21(19)11-12-22(15)20(23)14-16-8-9-17-5-2-3-6-18(17)13-16/h2-10,13,15H,11-12,14H2,1H3. The van der Waals surface area contributed by atoms with Crippen LogP contribution in [-0.2, 0) is 17.8 Å². The molecule has 1 atom stereocenters. The molecular weight excluding hydrogens is 284 g/mol. The average Bonchev–Trinajstić information content (AvgIpc) is 3.04. The van der Waals surface area contributed by atoms with Crippen molar-refractivity contribution in [3.05, 3.63) is 72.1 Å². The molecule has 116 valence electrons. The minimum Gasteiger partial charge on any atom is -0.348 e. The molecule has 0 saturated carbocycles. The highest BCUT2D eigenvalue weighted by atomic mass is 16.2. The summed E-state index contributed by atoms with van der Waals surface area (Å²) in [5.74, 6) is 0.209. The Balaban J connectivity index is 1.55. The van der Waals surface area contributed by atoms with Gasteiger partial charge in [-0.25, -0.2) is 0 Å². The second kappa shape index (κ2) is 5.58. The zero-order valence-electron chi connectivity index (χ0n) is 13.3. The van der Waals surface area contributed by atoms with Crippen LogP contribution in [0.15, 0.2) is 60.8 Å². The molecule has 0 saturated heterocycles. The van der Waals surface area contributed by atoms with Gasteiger partial charge >= 0.3 is 0 Å². The van der Waals surface area contributed by atoms with E-state index in [1.165, 1.54) is 16.5 Å². The largest absolute Gasteiger partial charge is 0.348 e. The lowest BCUT2D eigenvalue weighted by Crippen LogP contribution is -2.41. The van der Waals surface area contributed by atoms with E-state index in [9.17, 15) is 4.79 Å². The van der Waals surface area contributed by atoms with E-state index in [1.54, 1.807) is 0 Å². The van der Waals surface area contributed by atoms with Crippen LogP contribution in [0.3, 0.4) is 0 Å². The van der Waals surface area contributed by atoms with Crippen molar-refractivity contribution in [2.75, 3.05) is 6.54 Å². The highest BCUT2D eigenvalue weighted by molar-refractivity contribution is 5.85. The molecule has 0 spiro atoms. The first-order valence-corrected chi connectivity index (χ1v) is 8.14. The molecule has 4 rings (SSSR count). The number of fused-ring (bicyclic) bond motifs is 2. The van der Waals surface area contributed by atoms with Crippen LogP contribution in [0.5, 0.6) is 0 Å². The summed E-state index contributed by atoms with van der Waals surface area (Å²) in [5.41, 5.74) is 2.31. The van der Waals surface area contributed by atoms with E-state index >= 15 is 0 Å². The quantitative estimate of drug-likeness (QED) is 0.707. The van der Waals surface area contributed by atoms with Gasteiger partial charge in [0.05, 0.1) is 12.5 Å². The van der Waals surface area contributed by atoms with E-state index in [4.69, 9.17) is 0 Å². The summed E-state index contributed by atoms with van der Waals surface area (Å²) >= 11 is 0. The predicted molar refractivity (Wildman–Crippen MR) is 92.2 cm³/mol. The predicted octanol–water partition coefficient (Wildman–Crippen LogP) is 3.79. The van der Waals surface area contributed by atoms with Gasteiger partial charge in [0, 0.05) is 25.0 Å². The minimum absolute atomic E-state index is 0.145. The summed E-state index contributed by atoms with van der Waals surface area (Å²) in [7, 11) is 0. The number of carbonyl (C=O) groups excluding carboxylic acids is 1. The highest BCUT2D eigenvalue weighted by Crippen LogP contribution is 2.26. The van der Waals surface area contributed by atoms with Crippen molar-refractivity contribution in [2.45, 2.75) is 25.9 Å². The first-order valence-electron chi connectivity index (χ1n) is 8.14. The molecular formula is C20H20N2O. The van der Waals surface area contributed by atoms with Gasteiger partial charge in [0.2, 0.25) is 5.91 Å². The second-order valence-corrected chi connectivity index (χ2v) is 6.25. The third-order valence-corrected chi connectivity index (χ3v) is 4.83. The fraction of sp³-hybridized carbons (Fsp3) is 0.250. The van der Waals surface area contributed by atoms with Crippen molar-refractivity contribution in [2.24, 2.45) is 0 Å². The van der Waals surface area contributed by atoms with Gasteiger partial charge in [-0.15, -0.1) is 0 Å². The van der Waals surface area contributed by atoms with Crippen LogP contribution in [-0.4, -0.2) is 21.9 Å². The van der Waals surface area contributed by atoms with Crippen LogP contribution in [0.2, 0.25) is 0 Å². The maximum Gasteiger partial charge on any atom is 0.227 e. The van der Waals surface area contributed by atoms with Crippen molar-refractivity contribution in [3.63, 3.8) is 0 Å². The van der Waals surface area contributed by atoms with Gasteiger partial charge in [-0.3, -0.25) is 4.79 Å². The Morgan fingerprint density at radius 1 is 1.04 bits per heavy atom. The van der Waals surface area contributed by atoms with E-state index in [1.807, 2.05) is 17.0 Å². The maximum absolute atomic E-state index is 12.8. The molecule has 0 radical (unpaired) electrons. The summed E-state index contributed by atoms with van der Waals surface area (Å²) < 4.78 is 2.24. The van der Waals surface area contributed by atoms with Gasteiger partial charge in [-0.1, -0.05) is 42.5 Å². The van der Waals surface area contributed by atoms with Crippen molar-refractivity contribution in [3.8, 4) is 0 Å². The first-order chi connectivity index (χ1) is 11.2. The van der Waals surface area contributed by atoms with Gasteiger partial charge < -0.3 is 9.47 Å². The number of benzene rings is 2. The number of hydrogen-bond donors (Lipinski definition) is 0. The van der Waals surface area contributed by atoms with Crippen LogP contribution in [0, 0.1) is 0 Å². The molecule has 3 nitrogen and oxygen atoms in total.